The Morgan fingerprint density at radius 1 is 1.15 bits per heavy atom. The number of aliphatic hydroxyl groups excluding tert-OH is 1. The lowest BCUT2D eigenvalue weighted by atomic mass is 10.1. The molecule has 0 bridgehead atoms. The minimum Gasteiger partial charge on any atom is -0.394 e. The lowest BCUT2D eigenvalue weighted by Gasteiger charge is -2.24. The van der Waals surface area contributed by atoms with Gasteiger partial charge >= 0.3 is 0 Å². The molecule has 4 aromatic rings. The summed E-state index contributed by atoms with van der Waals surface area (Å²) in [6.45, 7) is 5.16. The van der Waals surface area contributed by atoms with Crippen LogP contribution in [0.2, 0.25) is 0 Å². The number of benzene rings is 1. The average Bonchev–Trinajstić information content (AvgIpc) is 2.99. The van der Waals surface area contributed by atoms with Gasteiger partial charge in [-0.15, -0.1) is 10.2 Å². The predicted octanol–water partition coefficient (Wildman–Crippen LogP) is 2.28. The van der Waals surface area contributed by atoms with E-state index in [1.807, 2.05) is 6.92 Å². The highest BCUT2D eigenvalue weighted by molar-refractivity contribution is 5.84. The highest BCUT2D eigenvalue weighted by Gasteiger charge is 2.23. The van der Waals surface area contributed by atoms with Crippen molar-refractivity contribution in [3.63, 3.8) is 0 Å². The number of hydrogen-bond donors (Lipinski definition) is 1. The van der Waals surface area contributed by atoms with Crippen molar-refractivity contribution in [3.8, 4) is 11.1 Å². The van der Waals surface area contributed by atoms with E-state index in [0.717, 1.165) is 11.1 Å². The summed E-state index contributed by atoms with van der Waals surface area (Å²) in [4.78, 5) is 12.8. The number of hydrogen-bond acceptors (Lipinski definition) is 5. The average molecular weight is 367 g/mol. The molecule has 0 saturated heterocycles. The molecule has 0 amide bonds. The molecular weight excluding hydrogens is 349 g/mol. The molecule has 27 heavy (non-hydrogen) atoms. The topological polar surface area (TPSA) is 85.3 Å². The third-order valence-electron chi connectivity index (χ3n) is 4.73. The number of fused-ring (bicyclic) bond motifs is 3. The van der Waals surface area contributed by atoms with E-state index in [1.54, 1.807) is 42.8 Å². The lowest BCUT2D eigenvalue weighted by molar-refractivity contribution is 0.161. The van der Waals surface area contributed by atoms with E-state index in [1.165, 1.54) is 16.7 Å². The fraction of sp³-hybridized carbons (Fsp3) is 0.263. The number of halogens is 1. The van der Waals surface area contributed by atoms with Crippen LogP contribution in [0.3, 0.4) is 0 Å². The SMILES string of the molecule is Cc1nn2c(nnc3c(=O)n(C(C)(C)CO)ccc32)c1-c1ccc(F)cc1. The molecule has 4 rings (SSSR count). The first-order valence-electron chi connectivity index (χ1n) is 8.48. The monoisotopic (exact) mass is 367 g/mol. The van der Waals surface area contributed by atoms with E-state index in [9.17, 15) is 14.3 Å². The molecule has 0 fully saturated rings. The van der Waals surface area contributed by atoms with Crippen LogP contribution in [0.25, 0.3) is 27.8 Å². The van der Waals surface area contributed by atoms with Crippen molar-refractivity contribution in [2.45, 2.75) is 26.3 Å². The Hall–Kier alpha value is -3.13. The third kappa shape index (κ3) is 2.60. The molecule has 0 radical (unpaired) electrons. The Morgan fingerprint density at radius 3 is 2.52 bits per heavy atom. The van der Waals surface area contributed by atoms with Crippen LogP contribution in [0.1, 0.15) is 19.5 Å². The maximum absolute atomic E-state index is 13.3. The fourth-order valence-corrected chi connectivity index (χ4v) is 3.16. The molecule has 3 aromatic heterocycles. The Balaban J connectivity index is 2.01. The van der Waals surface area contributed by atoms with Gasteiger partial charge in [0.2, 0.25) is 0 Å². The van der Waals surface area contributed by atoms with Crippen molar-refractivity contribution >= 4 is 16.7 Å². The number of nitrogens with zero attached hydrogens (tertiary/aromatic N) is 5. The van der Waals surface area contributed by atoms with Crippen LogP contribution in [-0.2, 0) is 5.54 Å². The third-order valence-corrected chi connectivity index (χ3v) is 4.73. The van der Waals surface area contributed by atoms with E-state index >= 15 is 0 Å². The van der Waals surface area contributed by atoms with E-state index in [-0.39, 0.29) is 23.5 Å². The molecule has 0 spiro atoms. The van der Waals surface area contributed by atoms with Gasteiger partial charge in [-0.2, -0.15) is 5.10 Å². The Labute approximate surface area is 153 Å². The van der Waals surface area contributed by atoms with Gasteiger partial charge in [0.25, 0.3) is 5.56 Å². The molecule has 0 aliphatic heterocycles. The minimum atomic E-state index is -0.763. The van der Waals surface area contributed by atoms with Gasteiger partial charge in [-0.3, -0.25) is 4.79 Å². The summed E-state index contributed by atoms with van der Waals surface area (Å²) >= 11 is 0. The largest absolute Gasteiger partial charge is 0.394 e. The Morgan fingerprint density at radius 2 is 1.85 bits per heavy atom. The molecule has 7 nitrogen and oxygen atoms in total. The molecule has 1 N–H and O–H groups in total. The van der Waals surface area contributed by atoms with Crippen molar-refractivity contribution in [3.05, 3.63) is 58.4 Å². The van der Waals surface area contributed by atoms with Gasteiger partial charge < -0.3 is 9.67 Å². The van der Waals surface area contributed by atoms with E-state index in [4.69, 9.17) is 0 Å². The van der Waals surface area contributed by atoms with Gasteiger partial charge in [-0.1, -0.05) is 12.1 Å². The van der Waals surface area contributed by atoms with Crippen molar-refractivity contribution in [1.29, 1.82) is 0 Å². The van der Waals surface area contributed by atoms with Crippen LogP contribution in [0.15, 0.2) is 41.3 Å². The zero-order valence-electron chi connectivity index (χ0n) is 15.1. The van der Waals surface area contributed by atoms with Crippen molar-refractivity contribution in [1.82, 2.24) is 24.4 Å². The second-order valence-corrected chi connectivity index (χ2v) is 7.10. The molecule has 0 saturated carbocycles. The maximum Gasteiger partial charge on any atom is 0.281 e. The first-order chi connectivity index (χ1) is 12.8. The van der Waals surface area contributed by atoms with E-state index in [2.05, 4.69) is 15.3 Å². The number of pyridine rings is 1. The standard InChI is InChI=1S/C19H18FN5O2/c1-11-15(12-4-6-13(20)7-5-12)17-22-21-16-14(25(17)23-11)8-9-24(18(16)27)19(2,3)10-26/h4-9,26H,10H2,1-3H3. The predicted molar refractivity (Wildman–Crippen MR) is 99.1 cm³/mol. The molecule has 0 aliphatic carbocycles. The number of aromatic nitrogens is 5. The van der Waals surface area contributed by atoms with E-state index in [0.29, 0.717) is 16.9 Å². The summed E-state index contributed by atoms with van der Waals surface area (Å²) in [5, 5.41) is 22.4. The first-order valence-corrected chi connectivity index (χ1v) is 8.48. The summed E-state index contributed by atoms with van der Waals surface area (Å²) in [5.41, 5.74) is 2.27. The lowest BCUT2D eigenvalue weighted by Crippen LogP contribution is -2.39. The normalized spacial score (nSPS) is 12.2. The molecule has 3 heterocycles. The van der Waals surface area contributed by atoms with Crippen molar-refractivity contribution < 1.29 is 9.50 Å². The van der Waals surface area contributed by atoms with Crippen LogP contribution in [0.4, 0.5) is 4.39 Å². The van der Waals surface area contributed by atoms with Crippen molar-refractivity contribution in [2.75, 3.05) is 6.61 Å². The van der Waals surface area contributed by atoms with Gasteiger partial charge in [0, 0.05) is 6.20 Å². The Bertz CT molecular complexity index is 1230. The molecule has 138 valence electrons. The summed E-state index contributed by atoms with van der Waals surface area (Å²) in [6, 6.07) is 7.81. The van der Waals surface area contributed by atoms with Gasteiger partial charge in [0.05, 0.1) is 23.4 Å². The summed E-state index contributed by atoms with van der Waals surface area (Å²) in [5.74, 6) is -0.323. The number of aryl methyl sites for hydroxylation is 1. The van der Waals surface area contributed by atoms with Crippen LogP contribution in [0.5, 0.6) is 0 Å². The molecule has 0 unspecified atom stereocenters. The molecule has 1 aromatic carbocycles. The Kier molecular flexibility index (Phi) is 3.81. The van der Waals surface area contributed by atoms with Gasteiger partial charge in [-0.05, 0) is 44.5 Å². The highest BCUT2D eigenvalue weighted by Crippen LogP contribution is 2.28. The molecular formula is C19H18FN5O2. The number of aliphatic hydroxyl groups is 1. The van der Waals surface area contributed by atoms with Crippen LogP contribution < -0.4 is 5.56 Å². The van der Waals surface area contributed by atoms with Gasteiger partial charge in [-0.25, -0.2) is 8.91 Å². The molecule has 8 heteroatoms. The summed E-state index contributed by atoms with van der Waals surface area (Å²) in [7, 11) is 0. The second-order valence-electron chi connectivity index (χ2n) is 7.10. The highest BCUT2D eigenvalue weighted by atomic mass is 19.1. The quantitative estimate of drug-likeness (QED) is 0.600. The zero-order valence-corrected chi connectivity index (χ0v) is 15.1. The number of rotatable bonds is 3. The molecule has 0 aliphatic rings. The van der Waals surface area contributed by atoms with Crippen LogP contribution in [0, 0.1) is 12.7 Å². The van der Waals surface area contributed by atoms with E-state index < -0.39 is 5.54 Å². The van der Waals surface area contributed by atoms with Crippen LogP contribution in [-0.4, -0.2) is 36.1 Å². The fourth-order valence-electron chi connectivity index (χ4n) is 3.16. The minimum absolute atomic E-state index is 0.166. The molecule has 0 atom stereocenters. The zero-order chi connectivity index (χ0) is 19.3. The maximum atomic E-state index is 13.3. The van der Waals surface area contributed by atoms with Gasteiger partial charge in [0.15, 0.2) is 11.2 Å². The summed E-state index contributed by atoms with van der Waals surface area (Å²) in [6.07, 6.45) is 1.62. The summed E-state index contributed by atoms with van der Waals surface area (Å²) < 4.78 is 16.3. The van der Waals surface area contributed by atoms with Crippen molar-refractivity contribution in [2.24, 2.45) is 0 Å². The smallest absolute Gasteiger partial charge is 0.281 e. The van der Waals surface area contributed by atoms with Gasteiger partial charge in [0.1, 0.15) is 11.3 Å². The van der Waals surface area contributed by atoms with Crippen LogP contribution >= 0.6 is 0 Å². The first kappa shape index (κ1) is 17.3. The second kappa shape index (κ2) is 5.95.